The van der Waals surface area contributed by atoms with Crippen LogP contribution in [0.1, 0.15) is 33.3 Å². The fraction of sp³-hybridized carbons (Fsp3) is 0.440. The molecule has 0 radical (unpaired) electrons. The van der Waals surface area contributed by atoms with Crippen LogP contribution in [0.5, 0.6) is 5.75 Å². The van der Waals surface area contributed by atoms with Crippen LogP contribution in [-0.2, 0) is 26.0 Å². The van der Waals surface area contributed by atoms with E-state index in [1.807, 2.05) is 13.8 Å². The summed E-state index contributed by atoms with van der Waals surface area (Å²) >= 11 is 5.99. The van der Waals surface area contributed by atoms with Crippen molar-refractivity contribution in [2.45, 2.75) is 56.0 Å². The zero-order valence-electron chi connectivity index (χ0n) is 20.6. The van der Waals surface area contributed by atoms with E-state index in [0.717, 1.165) is 25.5 Å². The minimum Gasteiger partial charge on any atom is -0.482 e. The number of amides is 1. The normalized spacial score (nSPS) is 19.2. The molecule has 3 rings (SSSR count). The highest BCUT2D eigenvalue weighted by Crippen LogP contribution is 2.34. The predicted molar refractivity (Wildman–Crippen MR) is 133 cm³/mol. The standard InChI is InChI=1S/C25H30ClFN2O6S/c1-16-13-29(17(2)12-28(16)14-18-5-8-20(27)9-6-18)23(30)15-35-21-10-7-19(26)11-22(21)36(33,34)25(3,4)24(31)32/h5-11,16-17H,12-15H2,1-4H3,(H,31,32)/t16-,17+/m0/s1. The molecule has 1 aliphatic rings. The van der Waals surface area contributed by atoms with Crippen molar-refractivity contribution >= 4 is 33.3 Å². The first-order valence-electron chi connectivity index (χ1n) is 11.4. The predicted octanol–water partition coefficient (Wildman–Crippen LogP) is 3.62. The molecule has 11 heteroatoms. The van der Waals surface area contributed by atoms with E-state index in [0.29, 0.717) is 19.6 Å². The fourth-order valence-electron chi connectivity index (χ4n) is 4.01. The van der Waals surface area contributed by atoms with Crippen molar-refractivity contribution in [3.63, 3.8) is 0 Å². The van der Waals surface area contributed by atoms with Crippen LogP contribution >= 0.6 is 11.6 Å². The van der Waals surface area contributed by atoms with E-state index in [9.17, 15) is 27.5 Å². The molecule has 1 heterocycles. The Kier molecular flexibility index (Phi) is 8.32. The number of carboxylic acids is 1. The van der Waals surface area contributed by atoms with E-state index in [1.54, 1.807) is 17.0 Å². The van der Waals surface area contributed by atoms with Crippen LogP contribution in [0.25, 0.3) is 0 Å². The Morgan fingerprint density at radius 3 is 2.36 bits per heavy atom. The Morgan fingerprint density at radius 1 is 1.11 bits per heavy atom. The molecule has 0 aliphatic carbocycles. The molecule has 0 bridgehead atoms. The Labute approximate surface area is 215 Å². The monoisotopic (exact) mass is 540 g/mol. The maximum absolute atomic E-state index is 13.2. The molecule has 196 valence electrons. The zero-order chi connectivity index (χ0) is 26.8. The average molecular weight is 541 g/mol. The number of halogens is 2. The number of carboxylic acid groups (broad SMARTS) is 1. The lowest BCUT2D eigenvalue weighted by Crippen LogP contribution is -2.58. The van der Waals surface area contributed by atoms with E-state index in [2.05, 4.69) is 4.90 Å². The van der Waals surface area contributed by atoms with Crippen LogP contribution in [0.4, 0.5) is 4.39 Å². The van der Waals surface area contributed by atoms with Crippen molar-refractivity contribution in [3.8, 4) is 5.75 Å². The van der Waals surface area contributed by atoms with E-state index in [4.69, 9.17) is 16.3 Å². The number of sulfone groups is 1. The smallest absolute Gasteiger partial charge is 0.324 e. The summed E-state index contributed by atoms with van der Waals surface area (Å²) in [5.41, 5.74) is 0.972. The van der Waals surface area contributed by atoms with Gasteiger partial charge in [0.25, 0.3) is 5.91 Å². The summed E-state index contributed by atoms with van der Waals surface area (Å²) in [7, 11) is -4.39. The third-order valence-electron chi connectivity index (χ3n) is 6.47. The Bertz CT molecular complexity index is 1240. The molecule has 2 aromatic carbocycles. The molecule has 0 saturated carbocycles. The van der Waals surface area contributed by atoms with Gasteiger partial charge in [-0.3, -0.25) is 14.5 Å². The number of carbonyl (C=O) groups is 2. The van der Waals surface area contributed by atoms with E-state index in [1.165, 1.54) is 24.3 Å². The molecule has 36 heavy (non-hydrogen) atoms. The first kappa shape index (κ1) is 27.9. The quantitative estimate of drug-likeness (QED) is 0.545. The lowest BCUT2D eigenvalue weighted by atomic mass is 10.1. The second kappa shape index (κ2) is 10.7. The molecule has 1 aliphatic heterocycles. The van der Waals surface area contributed by atoms with Gasteiger partial charge in [-0.05, 0) is 63.6 Å². The van der Waals surface area contributed by atoms with Crippen molar-refractivity contribution in [1.29, 1.82) is 0 Å². The van der Waals surface area contributed by atoms with Gasteiger partial charge in [0, 0.05) is 36.7 Å². The van der Waals surface area contributed by atoms with Gasteiger partial charge in [0.1, 0.15) is 16.5 Å². The molecular weight excluding hydrogens is 511 g/mol. The van der Waals surface area contributed by atoms with Gasteiger partial charge >= 0.3 is 5.97 Å². The number of rotatable bonds is 8. The van der Waals surface area contributed by atoms with Crippen LogP contribution in [0.15, 0.2) is 47.4 Å². The van der Waals surface area contributed by atoms with Gasteiger partial charge < -0.3 is 14.7 Å². The highest BCUT2D eigenvalue weighted by atomic mass is 35.5. The van der Waals surface area contributed by atoms with Crippen LogP contribution in [0, 0.1) is 5.82 Å². The van der Waals surface area contributed by atoms with Crippen molar-refractivity contribution in [2.75, 3.05) is 19.7 Å². The second-order valence-corrected chi connectivity index (χ2v) is 12.4. The summed E-state index contributed by atoms with van der Waals surface area (Å²) in [6.45, 7) is 7.29. The van der Waals surface area contributed by atoms with Crippen molar-refractivity contribution < 1.29 is 32.2 Å². The summed E-state index contributed by atoms with van der Waals surface area (Å²) in [6, 6.07) is 10.0. The SMILES string of the molecule is C[C@@H]1CN(Cc2ccc(F)cc2)[C@@H](C)CN1C(=O)COc1ccc(Cl)cc1S(=O)(=O)C(C)(C)C(=O)O. The summed E-state index contributed by atoms with van der Waals surface area (Å²) < 4.78 is 42.8. The number of hydrogen-bond donors (Lipinski definition) is 1. The first-order chi connectivity index (χ1) is 16.7. The third-order valence-corrected chi connectivity index (χ3v) is 9.12. The van der Waals surface area contributed by atoms with Crippen LogP contribution in [-0.4, -0.2) is 71.7 Å². The van der Waals surface area contributed by atoms with Crippen LogP contribution in [0.3, 0.4) is 0 Å². The topological polar surface area (TPSA) is 104 Å². The van der Waals surface area contributed by atoms with Gasteiger partial charge in [-0.2, -0.15) is 0 Å². The lowest BCUT2D eigenvalue weighted by Gasteiger charge is -2.44. The molecule has 8 nitrogen and oxygen atoms in total. The summed E-state index contributed by atoms with van der Waals surface area (Å²) in [6.07, 6.45) is 0. The molecule has 2 atom stereocenters. The summed E-state index contributed by atoms with van der Waals surface area (Å²) in [4.78, 5) is 28.1. The molecular formula is C25H30ClFN2O6S. The number of piperazine rings is 1. The zero-order valence-corrected chi connectivity index (χ0v) is 22.1. The van der Waals surface area contributed by atoms with Gasteiger partial charge in [-0.1, -0.05) is 23.7 Å². The number of ether oxygens (including phenoxy) is 1. The molecule has 0 aromatic heterocycles. The molecule has 1 saturated heterocycles. The van der Waals surface area contributed by atoms with E-state index < -0.39 is 27.2 Å². The Balaban J connectivity index is 1.71. The Morgan fingerprint density at radius 2 is 1.75 bits per heavy atom. The maximum atomic E-state index is 13.2. The van der Waals surface area contributed by atoms with Gasteiger partial charge in [0.2, 0.25) is 0 Å². The number of benzene rings is 2. The van der Waals surface area contributed by atoms with E-state index >= 15 is 0 Å². The van der Waals surface area contributed by atoms with Gasteiger partial charge in [0.15, 0.2) is 21.2 Å². The third kappa shape index (κ3) is 5.82. The minimum absolute atomic E-state index is 0.0260. The first-order valence-corrected chi connectivity index (χ1v) is 13.3. The minimum atomic E-state index is -4.39. The van der Waals surface area contributed by atoms with Crippen LogP contribution < -0.4 is 4.74 Å². The van der Waals surface area contributed by atoms with Crippen molar-refractivity contribution in [2.24, 2.45) is 0 Å². The number of hydrogen-bond acceptors (Lipinski definition) is 6. The highest BCUT2D eigenvalue weighted by Gasteiger charge is 2.44. The Hall–Kier alpha value is -2.69. The molecule has 1 amide bonds. The molecule has 2 aromatic rings. The molecule has 0 unspecified atom stereocenters. The van der Waals surface area contributed by atoms with Crippen LogP contribution in [0.2, 0.25) is 5.02 Å². The molecule has 1 N–H and O–H groups in total. The maximum Gasteiger partial charge on any atom is 0.324 e. The number of nitrogens with zero attached hydrogens (tertiary/aromatic N) is 2. The number of carbonyl (C=O) groups excluding carboxylic acids is 1. The fourth-order valence-corrected chi connectivity index (χ4v) is 5.70. The van der Waals surface area contributed by atoms with Gasteiger partial charge in [-0.15, -0.1) is 0 Å². The molecule has 0 spiro atoms. The summed E-state index contributed by atoms with van der Waals surface area (Å²) in [5.74, 6) is -2.28. The number of aliphatic carboxylic acids is 1. The van der Waals surface area contributed by atoms with E-state index in [-0.39, 0.29) is 39.5 Å². The van der Waals surface area contributed by atoms with Gasteiger partial charge in [0.05, 0.1) is 0 Å². The van der Waals surface area contributed by atoms with Crippen molar-refractivity contribution in [3.05, 3.63) is 58.9 Å². The lowest BCUT2D eigenvalue weighted by molar-refractivity contribution is -0.140. The van der Waals surface area contributed by atoms with Gasteiger partial charge in [-0.25, -0.2) is 12.8 Å². The second-order valence-electron chi connectivity index (χ2n) is 9.50. The molecule has 1 fully saturated rings. The summed E-state index contributed by atoms with van der Waals surface area (Å²) in [5, 5.41) is 9.52. The largest absolute Gasteiger partial charge is 0.482 e. The average Bonchev–Trinajstić information content (AvgIpc) is 2.81. The van der Waals surface area contributed by atoms with Crippen molar-refractivity contribution in [1.82, 2.24) is 9.80 Å². The highest BCUT2D eigenvalue weighted by molar-refractivity contribution is 7.93.